The lowest BCUT2D eigenvalue weighted by atomic mass is 10.1. The second-order valence-corrected chi connectivity index (χ2v) is 4.67. The number of rotatable bonds is 2. The molecule has 3 aromatic rings. The Morgan fingerprint density at radius 2 is 1.50 bits per heavy atom. The maximum Gasteiger partial charge on any atom is 0.141 e. The Morgan fingerprint density at radius 1 is 0.864 bits per heavy atom. The Hall–Kier alpha value is -2.42. The van der Waals surface area contributed by atoms with E-state index in [1.165, 1.54) is 11.1 Å². The standard InChI is InChI=1S/C16H15N3.C2H6.CH4/c1-11-8-14-15(9-12(11)2)17-10-18-16(14)19-13-6-4-3-5-7-13;1-2;/h3-10H,1-2H3,(H,17,18,19);1-2H3;1H4. The monoisotopic (exact) mass is 295 g/mol. The molecule has 0 aliphatic heterocycles. The van der Waals surface area contributed by atoms with E-state index in [4.69, 9.17) is 0 Å². The Morgan fingerprint density at radius 3 is 2.18 bits per heavy atom. The lowest BCUT2D eigenvalue weighted by Gasteiger charge is -2.09. The molecule has 1 aromatic heterocycles. The fourth-order valence-electron chi connectivity index (χ4n) is 2.07. The molecule has 0 saturated carbocycles. The molecular weight excluding hydrogens is 270 g/mol. The van der Waals surface area contributed by atoms with Crippen LogP contribution in [0.2, 0.25) is 0 Å². The molecule has 1 heterocycles. The quantitative estimate of drug-likeness (QED) is 0.663. The molecule has 116 valence electrons. The van der Waals surface area contributed by atoms with Crippen molar-refractivity contribution in [2.24, 2.45) is 0 Å². The zero-order chi connectivity index (χ0) is 15.2. The van der Waals surface area contributed by atoms with E-state index in [2.05, 4.69) is 41.3 Å². The van der Waals surface area contributed by atoms with Gasteiger partial charge in [-0.1, -0.05) is 39.5 Å². The van der Waals surface area contributed by atoms with Gasteiger partial charge in [0.1, 0.15) is 12.1 Å². The molecule has 0 aliphatic carbocycles. The third-order valence-corrected chi connectivity index (χ3v) is 3.29. The van der Waals surface area contributed by atoms with Gasteiger partial charge in [0.25, 0.3) is 0 Å². The van der Waals surface area contributed by atoms with Crippen LogP contribution in [0.5, 0.6) is 0 Å². The topological polar surface area (TPSA) is 37.8 Å². The van der Waals surface area contributed by atoms with Crippen molar-refractivity contribution in [2.45, 2.75) is 35.1 Å². The van der Waals surface area contributed by atoms with Gasteiger partial charge in [-0.05, 0) is 49.2 Å². The number of aryl methyl sites for hydroxylation is 2. The molecule has 1 N–H and O–H groups in total. The van der Waals surface area contributed by atoms with Gasteiger partial charge in [-0.2, -0.15) is 0 Å². The van der Waals surface area contributed by atoms with Crippen molar-refractivity contribution in [3.05, 3.63) is 59.9 Å². The van der Waals surface area contributed by atoms with Crippen LogP contribution in [-0.2, 0) is 0 Å². The molecule has 0 spiro atoms. The van der Waals surface area contributed by atoms with Crippen molar-refractivity contribution in [3.8, 4) is 0 Å². The van der Waals surface area contributed by atoms with Crippen LogP contribution >= 0.6 is 0 Å². The lowest BCUT2D eigenvalue weighted by molar-refractivity contribution is 1.21. The molecule has 0 aliphatic rings. The maximum absolute atomic E-state index is 4.35. The number of hydrogen-bond acceptors (Lipinski definition) is 3. The van der Waals surface area contributed by atoms with E-state index in [0.717, 1.165) is 22.4 Å². The Labute approximate surface area is 133 Å². The van der Waals surface area contributed by atoms with Gasteiger partial charge in [0, 0.05) is 11.1 Å². The van der Waals surface area contributed by atoms with Crippen LogP contribution in [0.25, 0.3) is 10.9 Å². The van der Waals surface area contributed by atoms with Crippen molar-refractivity contribution in [2.75, 3.05) is 5.32 Å². The number of nitrogens with zero attached hydrogens (tertiary/aromatic N) is 2. The van der Waals surface area contributed by atoms with E-state index < -0.39 is 0 Å². The zero-order valence-electron chi connectivity index (χ0n) is 13.0. The number of fused-ring (bicyclic) bond motifs is 1. The third kappa shape index (κ3) is 3.82. The summed E-state index contributed by atoms with van der Waals surface area (Å²) in [7, 11) is 0. The van der Waals surface area contributed by atoms with Crippen LogP contribution in [0.1, 0.15) is 32.4 Å². The van der Waals surface area contributed by atoms with Crippen molar-refractivity contribution >= 4 is 22.4 Å². The number of benzene rings is 2. The van der Waals surface area contributed by atoms with Crippen LogP contribution in [0, 0.1) is 13.8 Å². The summed E-state index contributed by atoms with van der Waals surface area (Å²) in [6, 6.07) is 14.3. The van der Waals surface area contributed by atoms with Crippen LogP contribution < -0.4 is 5.32 Å². The first-order valence-electron chi connectivity index (χ1n) is 7.28. The van der Waals surface area contributed by atoms with E-state index in [-0.39, 0.29) is 7.43 Å². The minimum atomic E-state index is 0. The van der Waals surface area contributed by atoms with Gasteiger partial charge in [0.05, 0.1) is 5.52 Å². The second kappa shape index (κ2) is 8.13. The van der Waals surface area contributed by atoms with Crippen LogP contribution in [-0.4, -0.2) is 9.97 Å². The van der Waals surface area contributed by atoms with Crippen molar-refractivity contribution in [3.63, 3.8) is 0 Å². The van der Waals surface area contributed by atoms with Gasteiger partial charge in [-0.3, -0.25) is 0 Å². The highest BCUT2D eigenvalue weighted by molar-refractivity contribution is 5.91. The minimum Gasteiger partial charge on any atom is -0.340 e. The highest BCUT2D eigenvalue weighted by atomic mass is 15.0. The Kier molecular flexibility index (Phi) is 6.51. The van der Waals surface area contributed by atoms with Crippen LogP contribution in [0.3, 0.4) is 0 Å². The lowest BCUT2D eigenvalue weighted by Crippen LogP contribution is -1.96. The van der Waals surface area contributed by atoms with Crippen LogP contribution in [0.15, 0.2) is 48.8 Å². The van der Waals surface area contributed by atoms with Crippen molar-refractivity contribution in [1.82, 2.24) is 9.97 Å². The van der Waals surface area contributed by atoms with E-state index in [9.17, 15) is 0 Å². The first kappa shape index (κ1) is 17.6. The number of hydrogen-bond donors (Lipinski definition) is 1. The molecule has 0 saturated heterocycles. The molecule has 3 rings (SSSR count). The average Bonchev–Trinajstić information content (AvgIpc) is 2.52. The highest BCUT2D eigenvalue weighted by Crippen LogP contribution is 2.25. The molecule has 0 fully saturated rings. The maximum atomic E-state index is 4.35. The molecule has 3 heteroatoms. The summed E-state index contributed by atoms with van der Waals surface area (Å²) in [5.41, 5.74) is 4.49. The molecule has 0 amide bonds. The van der Waals surface area contributed by atoms with Gasteiger partial charge in [0.15, 0.2) is 0 Å². The normalized spacial score (nSPS) is 9.45. The molecule has 3 nitrogen and oxygen atoms in total. The summed E-state index contributed by atoms with van der Waals surface area (Å²) < 4.78 is 0. The molecule has 0 bridgehead atoms. The van der Waals surface area contributed by atoms with Crippen LogP contribution in [0.4, 0.5) is 11.5 Å². The second-order valence-electron chi connectivity index (χ2n) is 4.67. The number of para-hydroxylation sites is 1. The predicted molar refractivity (Wildman–Crippen MR) is 96.8 cm³/mol. The summed E-state index contributed by atoms with van der Waals surface area (Å²) in [6.07, 6.45) is 1.60. The molecule has 22 heavy (non-hydrogen) atoms. The first-order chi connectivity index (χ1) is 10.2. The van der Waals surface area contributed by atoms with Crippen molar-refractivity contribution in [1.29, 1.82) is 0 Å². The fraction of sp³-hybridized carbons (Fsp3) is 0.263. The number of aromatic nitrogens is 2. The first-order valence-corrected chi connectivity index (χ1v) is 7.28. The molecular formula is C19H25N3. The van der Waals surface area contributed by atoms with Gasteiger partial charge in [-0.15, -0.1) is 0 Å². The van der Waals surface area contributed by atoms with E-state index in [1.807, 2.05) is 44.2 Å². The smallest absolute Gasteiger partial charge is 0.141 e. The Bertz CT molecular complexity index is 721. The summed E-state index contributed by atoms with van der Waals surface area (Å²) in [5, 5.41) is 4.39. The van der Waals surface area contributed by atoms with Gasteiger partial charge < -0.3 is 5.32 Å². The largest absolute Gasteiger partial charge is 0.340 e. The minimum absolute atomic E-state index is 0. The summed E-state index contributed by atoms with van der Waals surface area (Å²) in [4.78, 5) is 8.69. The Balaban J connectivity index is 0.000000775. The summed E-state index contributed by atoms with van der Waals surface area (Å²) in [5.74, 6) is 0.847. The predicted octanol–water partition coefficient (Wildman–Crippen LogP) is 5.65. The van der Waals surface area contributed by atoms with Crippen molar-refractivity contribution < 1.29 is 0 Å². The van der Waals surface area contributed by atoms with E-state index in [1.54, 1.807) is 6.33 Å². The third-order valence-electron chi connectivity index (χ3n) is 3.29. The zero-order valence-corrected chi connectivity index (χ0v) is 13.0. The van der Waals surface area contributed by atoms with E-state index >= 15 is 0 Å². The number of anilines is 2. The van der Waals surface area contributed by atoms with Gasteiger partial charge >= 0.3 is 0 Å². The van der Waals surface area contributed by atoms with Gasteiger partial charge in [0.2, 0.25) is 0 Å². The molecule has 2 aromatic carbocycles. The number of nitrogens with one attached hydrogen (secondary N) is 1. The molecule has 0 unspecified atom stereocenters. The molecule has 0 radical (unpaired) electrons. The fourth-order valence-corrected chi connectivity index (χ4v) is 2.07. The summed E-state index contributed by atoms with van der Waals surface area (Å²) in [6.45, 7) is 8.20. The SMILES string of the molecule is C.CC.Cc1cc2ncnc(Nc3ccccc3)c2cc1C. The molecule has 0 atom stereocenters. The van der Waals surface area contributed by atoms with E-state index in [0.29, 0.717) is 0 Å². The highest BCUT2D eigenvalue weighted by Gasteiger charge is 2.05. The van der Waals surface area contributed by atoms with Gasteiger partial charge in [-0.25, -0.2) is 9.97 Å². The summed E-state index contributed by atoms with van der Waals surface area (Å²) >= 11 is 0. The average molecular weight is 295 g/mol.